The zero-order valence-electron chi connectivity index (χ0n) is 8.87. The molecule has 0 aliphatic rings. The maximum absolute atomic E-state index is 12.2. The molecule has 0 spiro atoms. The molecular weight excluding hydrogens is 234 g/mol. The minimum Gasteiger partial charge on any atom is -0.289 e. The second-order valence-corrected chi connectivity index (χ2v) is 3.71. The highest BCUT2D eigenvalue weighted by Gasteiger charge is 2.12. The average Bonchev–Trinajstić information content (AvgIpc) is 2.40. The van der Waals surface area contributed by atoms with E-state index in [9.17, 15) is 9.00 Å². The molecule has 0 saturated carbocycles. The van der Waals surface area contributed by atoms with Crippen LogP contribution in [0.25, 0.3) is 0 Å². The molecule has 84 valence electrons. The van der Waals surface area contributed by atoms with E-state index in [4.69, 9.17) is 0 Å². The van der Waals surface area contributed by atoms with Crippen molar-refractivity contribution in [3.8, 4) is 0 Å². The molecule has 0 aliphatic heterocycles. The molecule has 0 atom stereocenters. The summed E-state index contributed by atoms with van der Waals surface area (Å²) < 4.78 is 14.1. The predicted octanol–water partition coefficient (Wildman–Crippen LogP) is 2.95. The summed E-state index contributed by atoms with van der Waals surface area (Å²) in [7, 11) is 0. The molecule has 0 amide bonds. The molecule has 0 unspecified atom stereocenters. The fourth-order valence-electron chi connectivity index (χ4n) is 1.53. The van der Waals surface area contributed by atoms with Crippen LogP contribution in [-0.4, -0.2) is 9.99 Å². The van der Waals surface area contributed by atoms with Gasteiger partial charge in [-0.25, -0.2) is 0 Å². The lowest BCUT2D eigenvalue weighted by atomic mass is 10.0. The summed E-state index contributed by atoms with van der Waals surface area (Å²) in [5.41, 5.74) is 1.45. The molecular formula is C13H9NO2S. The standard InChI is InChI=1S/C13H9NO2S/c15-13(10-6-2-1-3-7-10)11-8-4-5-9-12(11)14-17-16/h1-9H. The lowest BCUT2D eigenvalue weighted by molar-refractivity contribution is 0.103. The topological polar surface area (TPSA) is 46.5 Å². The van der Waals surface area contributed by atoms with Crippen LogP contribution in [0.4, 0.5) is 5.69 Å². The molecule has 0 bridgehead atoms. The van der Waals surface area contributed by atoms with Crippen molar-refractivity contribution in [2.75, 3.05) is 0 Å². The Morgan fingerprint density at radius 2 is 1.59 bits per heavy atom. The molecule has 2 rings (SSSR count). The minimum absolute atomic E-state index is 0.104. The van der Waals surface area contributed by atoms with Crippen molar-refractivity contribution in [3.05, 3.63) is 65.7 Å². The summed E-state index contributed by atoms with van der Waals surface area (Å²) in [4.78, 5) is 12.2. The van der Waals surface area contributed by atoms with Gasteiger partial charge in [0.05, 0.1) is 5.69 Å². The molecule has 0 radical (unpaired) electrons. The van der Waals surface area contributed by atoms with E-state index >= 15 is 0 Å². The maximum atomic E-state index is 12.2. The SMILES string of the molecule is O=S=Nc1ccccc1C(=O)c1ccccc1. The quantitative estimate of drug-likeness (QED) is 0.778. The zero-order chi connectivity index (χ0) is 12.1. The zero-order valence-corrected chi connectivity index (χ0v) is 9.68. The Balaban J connectivity index is 2.48. The van der Waals surface area contributed by atoms with Gasteiger partial charge in [0.2, 0.25) is 11.5 Å². The van der Waals surface area contributed by atoms with Crippen LogP contribution in [0.5, 0.6) is 0 Å². The van der Waals surface area contributed by atoms with Crippen LogP contribution >= 0.6 is 0 Å². The Morgan fingerprint density at radius 3 is 2.29 bits per heavy atom. The molecule has 0 N–H and O–H groups in total. The highest BCUT2D eigenvalue weighted by Crippen LogP contribution is 2.21. The first-order valence-corrected chi connectivity index (χ1v) is 5.71. The number of carbonyl (C=O) groups is 1. The number of benzene rings is 2. The summed E-state index contributed by atoms with van der Waals surface area (Å²) in [6, 6.07) is 15.8. The molecule has 0 fully saturated rings. The van der Waals surface area contributed by atoms with Gasteiger partial charge >= 0.3 is 0 Å². The van der Waals surface area contributed by atoms with Gasteiger partial charge < -0.3 is 0 Å². The number of nitrogens with zero attached hydrogens (tertiary/aromatic N) is 1. The largest absolute Gasteiger partial charge is 0.289 e. The van der Waals surface area contributed by atoms with Crippen LogP contribution in [0, 0.1) is 0 Å². The molecule has 0 aromatic heterocycles. The summed E-state index contributed by atoms with van der Waals surface area (Å²) in [6.07, 6.45) is 0. The van der Waals surface area contributed by atoms with E-state index in [1.807, 2.05) is 6.07 Å². The van der Waals surface area contributed by atoms with Gasteiger partial charge in [0.25, 0.3) is 0 Å². The van der Waals surface area contributed by atoms with E-state index in [0.29, 0.717) is 16.8 Å². The maximum Gasteiger partial charge on any atom is 0.205 e. The molecule has 4 heteroatoms. The number of hydrogen-bond acceptors (Lipinski definition) is 3. The Bertz CT molecular complexity index is 589. The van der Waals surface area contributed by atoms with E-state index in [1.165, 1.54) is 0 Å². The number of ketones is 1. The predicted molar refractivity (Wildman–Crippen MR) is 66.5 cm³/mol. The highest BCUT2D eigenvalue weighted by atomic mass is 32.1. The van der Waals surface area contributed by atoms with Gasteiger partial charge in [-0.3, -0.25) is 4.79 Å². The van der Waals surface area contributed by atoms with Gasteiger partial charge in [-0.1, -0.05) is 42.5 Å². The van der Waals surface area contributed by atoms with E-state index in [1.54, 1.807) is 48.5 Å². The van der Waals surface area contributed by atoms with Gasteiger partial charge in [-0.15, -0.1) is 0 Å². The number of hydrogen-bond donors (Lipinski definition) is 0. The van der Waals surface area contributed by atoms with Crippen molar-refractivity contribution in [2.24, 2.45) is 4.36 Å². The number of rotatable bonds is 3. The third kappa shape index (κ3) is 2.54. The van der Waals surface area contributed by atoms with E-state index in [2.05, 4.69) is 4.36 Å². The first-order valence-electron chi connectivity index (χ1n) is 5.02. The van der Waals surface area contributed by atoms with Crippen molar-refractivity contribution in [1.29, 1.82) is 0 Å². The highest BCUT2D eigenvalue weighted by molar-refractivity contribution is 7.54. The first-order chi connectivity index (χ1) is 8.33. The molecule has 2 aromatic rings. The van der Waals surface area contributed by atoms with Crippen molar-refractivity contribution < 1.29 is 9.00 Å². The summed E-state index contributed by atoms with van der Waals surface area (Å²) in [5, 5.41) is 0. The van der Waals surface area contributed by atoms with Gasteiger partial charge in [0, 0.05) is 11.1 Å². The molecule has 17 heavy (non-hydrogen) atoms. The fourth-order valence-corrected chi connectivity index (χ4v) is 1.77. The van der Waals surface area contributed by atoms with Gasteiger partial charge in [0.15, 0.2) is 5.78 Å². The van der Waals surface area contributed by atoms with E-state index in [-0.39, 0.29) is 17.2 Å². The van der Waals surface area contributed by atoms with E-state index in [0.717, 1.165) is 0 Å². The molecule has 2 aromatic carbocycles. The third-order valence-corrected chi connectivity index (χ3v) is 2.59. The number of carbonyl (C=O) groups excluding carboxylic acids is 1. The van der Waals surface area contributed by atoms with Crippen LogP contribution in [0.2, 0.25) is 0 Å². The van der Waals surface area contributed by atoms with Crippen molar-refractivity contribution in [1.82, 2.24) is 0 Å². The molecule has 3 nitrogen and oxygen atoms in total. The van der Waals surface area contributed by atoms with Gasteiger partial charge in [-0.05, 0) is 12.1 Å². The minimum atomic E-state index is -0.126. The van der Waals surface area contributed by atoms with Crippen LogP contribution in [-0.2, 0) is 11.5 Å². The second-order valence-electron chi connectivity index (χ2n) is 3.38. The monoisotopic (exact) mass is 243 g/mol. The van der Waals surface area contributed by atoms with Crippen LogP contribution in [0.15, 0.2) is 59.0 Å². The average molecular weight is 243 g/mol. The Kier molecular flexibility index (Phi) is 3.57. The van der Waals surface area contributed by atoms with Gasteiger partial charge in [-0.2, -0.15) is 8.57 Å². The van der Waals surface area contributed by atoms with Gasteiger partial charge in [0.1, 0.15) is 0 Å². The Morgan fingerprint density at radius 1 is 0.941 bits per heavy atom. The summed E-state index contributed by atoms with van der Waals surface area (Å²) in [5.74, 6) is -0.126. The Hall–Kier alpha value is -2.07. The first kappa shape index (κ1) is 11.4. The normalized spacial score (nSPS) is 9.65. The van der Waals surface area contributed by atoms with Crippen molar-refractivity contribution in [2.45, 2.75) is 0 Å². The molecule has 0 heterocycles. The van der Waals surface area contributed by atoms with Crippen LogP contribution in [0.1, 0.15) is 15.9 Å². The lowest BCUT2D eigenvalue weighted by Crippen LogP contribution is -2.00. The third-order valence-electron chi connectivity index (χ3n) is 2.32. The van der Waals surface area contributed by atoms with Crippen LogP contribution < -0.4 is 0 Å². The molecule has 0 saturated heterocycles. The molecule has 0 aliphatic carbocycles. The van der Waals surface area contributed by atoms with Crippen molar-refractivity contribution >= 4 is 22.9 Å². The summed E-state index contributed by atoms with van der Waals surface area (Å²) in [6.45, 7) is 0. The summed E-state index contributed by atoms with van der Waals surface area (Å²) >= 11 is 0.104. The van der Waals surface area contributed by atoms with E-state index < -0.39 is 0 Å². The second kappa shape index (κ2) is 5.32. The lowest BCUT2D eigenvalue weighted by Gasteiger charge is -2.03. The smallest absolute Gasteiger partial charge is 0.205 e. The van der Waals surface area contributed by atoms with Crippen molar-refractivity contribution in [3.63, 3.8) is 0 Å². The Labute approximate surface area is 102 Å². The van der Waals surface area contributed by atoms with Crippen LogP contribution in [0.3, 0.4) is 0 Å². The fraction of sp³-hybridized carbons (Fsp3) is 0.